The Balaban J connectivity index is 1.46. The van der Waals surface area contributed by atoms with Gasteiger partial charge in [-0.15, -0.1) is 0 Å². The molecule has 0 aliphatic carbocycles. The highest BCUT2D eigenvalue weighted by Gasteiger charge is 2.41. The third kappa shape index (κ3) is 7.60. The summed E-state index contributed by atoms with van der Waals surface area (Å²) in [6.07, 6.45) is 4.34. The number of piperidine rings is 1. The second-order valence-corrected chi connectivity index (χ2v) is 21.1. The van der Waals surface area contributed by atoms with E-state index in [1.807, 2.05) is 38.2 Å². The Kier molecular flexibility index (Phi) is 10.2. The zero-order valence-corrected chi connectivity index (χ0v) is 32.4. The number of nitrogens with one attached hydrogen (secondary N) is 1. The molecule has 0 saturated carbocycles. The average molecular weight is 704 g/mol. The van der Waals surface area contributed by atoms with Gasteiger partial charge in [0.2, 0.25) is 0 Å². The summed E-state index contributed by atoms with van der Waals surface area (Å²) in [6.45, 7) is 18.6. The highest BCUT2D eigenvalue weighted by molar-refractivity contribution is 6.74. The molecule has 51 heavy (non-hydrogen) atoms. The van der Waals surface area contributed by atoms with E-state index in [1.54, 1.807) is 0 Å². The second kappa shape index (κ2) is 14.3. The van der Waals surface area contributed by atoms with Crippen LogP contribution in [0.4, 0.5) is 4.79 Å². The Morgan fingerprint density at radius 2 is 1.39 bits per heavy atom. The van der Waals surface area contributed by atoms with Crippen molar-refractivity contribution in [3.05, 3.63) is 132 Å². The number of amides is 1. The van der Waals surface area contributed by atoms with Crippen LogP contribution >= 0.6 is 0 Å². The number of nitrogens with zero attached hydrogens (tertiary/aromatic N) is 4. The van der Waals surface area contributed by atoms with Crippen molar-refractivity contribution >= 4 is 25.4 Å². The molecule has 1 amide bonds. The smallest absolute Gasteiger partial charge is 0.410 e. The topological polar surface area (TPSA) is 84.7 Å². The number of H-pyrrole nitrogens is 1. The number of carbonyl (C=O) groups excluding carboxylic acids is 1. The van der Waals surface area contributed by atoms with E-state index in [0.717, 1.165) is 34.1 Å². The van der Waals surface area contributed by atoms with E-state index in [0.29, 0.717) is 25.2 Å². The van der Waals surface area contributed by atoms with Crippen LogP contribution in [0, 0.1) is 5.92 Å². The van der Waals surface area contributed by atoms with Gasteiger partial charge >= 0.3 is 6.09 Å². The van der Waals surface area contributed by atoms with Gasteiger partial charge in [0.1, 0.15) is 16.8 Å². The van der Waals surface area contributed by atoms with Crippen LogP contribution in [0.5, 0.6) is 0 Å². The largest absolute Gasteiger partial charge is 0.444 e. The Labute approximate surface area is 303 Å². The summed E-state index contributed by atoms with van der Waals surface area (Å²) in [4.78, 5) is 29.2. The molecule has 2 aromatic heterocycles. The quantitative estimate of drug-likeness (QED) is 0.129. The normalized spacial score (nSPS) is 17.9. The van der Waals surface area contributed by atoms with Crippen LogP contribution in [0.15, 0.2) is 115 Å². The molecule has 3 heterocycles. The standard InChI is InChI=1S/C42H53N5O3Si/c1-40(2,3)50-39(48)46-27-31(29-49-51(7,8)41(4,5)6)26-35(28-46)45-37-36-24-25-43-38(36)47(30-44-37)42(32-18-12-9-13-19-32,33-20-14-10-15-21-33)34-22-16-11-17-23-34/h9-25,30-31,35,43H,26-29H2,1-8H3/t31-,35+/m0/s1. The first kappa shape index (κ1) is 36.3. The van der Waals surface area contributed by atoms with Crippen LogP contribution in [-0.2, 0) is 14.7 Å². The van der Waals surface area contributed by atoms with Crippen molar-refractivity contribution in [2.75, 3.05) is 19.7 Å². The summed E-state index contributed by atoms with van der Waals surface area (Å²) in [5, 5.41) is 1.00. The minimum Gasteiger partial charge on any atom is -0.444 e. The monoisotopic (exact) mass is 703 g/mol. The number of likely N-dealkylation sites (tertiary alicyclic amines) is 1. The van der Waals surface area contributed by atoms with E-state index in [-0.39, 0.29) is 23.1 Å². The summed E-state index contributed by atoms with van der Waals surface area (Å²) < 4.78 is 14.8. The van der Waals surface area contributed by atoms with Crippen molar-refractivity contribution < 1.29 is 14.0 Å². The molecule has 0 spiro atoms. The molecule has 1 N–H and O–H groups in total. The predicted molar refractivity (Wildman–Crippen MR) is 207 cm³/mol. The first-order valence-electron chi connectivity index (χ1n) is 18.1. The van der Waals surface area contributed by atoms with Gasteiger partial charge in [-0.25, -0.2) is 9.78 Å². The number of benzene rings is 3. The second-order valence-electron chi connectivity index (χ2n) is 16.3. The van der Waals surface area contributed by atoms with Gasteiger partial charge in [0.15, 0.2) is 13.8 Å². The van der Waals surface area contributed by atoms with E-state index < -0.39 is 19.5 Å². The molecular weight excluding hydrogens is 651 g/mol. The lowest BCUT2D eigenvalue weighted by Crippen LogP contribution is -2.50. The summed E-state index contributed by atoms with van der Waals surface area (Å²) in [5.41, 5.74) is 3.55. The molecule has 1 aliphatic heterocycles. The van der Waals surface area contributed by atoms with E-state index in [9.17, 15) is 4.79 Å². The molecule has 1 saturated heterocycles. The highest BCUT2D eigenvalue weighted by atomic mass is 28.4. The van der Waals surface area contributed by atoms with E-state index in [2.05, 4.69) is 140 Å². The SMILES string of the molecule is CC(C)(C)OC(=O)N1C[C@@H](CO[Si](C)(C)C(C)(C)C)C[C@@H](N=c2ncn(C(c3ccccc3)(c3ccccc3)c3ccccc3)c3[nH]ccc23)C1. The van der Waals surface area contributed by atoms with Crippen molar-refractivity contribution in [2.24, 2.45) is 10.9 Å². The lowest BCUT2D eigenvalue weighted by molar-refractivity contribution is 0.0110. The van der Waals surface area contributed by atoms with Crippen LogP contribution in [0.3, 0.4) is 0 Å². The van der Waals surface area contributed by atoms with Crippen molar-refractivity contribution in [3.8, 4) is 0 Å². The number of rotatable bonds is 8. The fourth-order valence-corrected chi connectivity index (χ4v) is 7.96. The van der Waals surface area contributed by atoms with Crippen LogP contribution in [0.2, 0.25) is 18.1 Å². The van der Waals surface area contributed by atoms with Crippen molar-refractivity contribution in [1.29, 1.82) is 0 Å². The fourth-order valence-electron chi connectivity index (χ4n) is 6.87. The molecule has 0 bridgehead atoms. The molecule has 2 atom stereocenters. The van der Waals surface area contributed by atoms with Gasteiger partial charge < -0.3 is 19.0 Å². The summed E-state index contributed by atoms with van der Waals surface area (Å²) in [6, 6.07) is 33.6. The zero-order valence-electron chi connectivity index (χ0n) is 31.4. The molecule has 268 valence electrons. The zero-order chi connectivity index (χ0) is 36.4. The maximum absolute atomic E-state index is 13.5. The highest BCUT2D eigenvalue weighted by Crippen LogP contribution is 2.42. The van der Waals surface area contributed by atoms with Crippen LogP contribution in [0.1, 0.15) is 64.7 Å². The maximum Gasteiger partial charge on any atom is 0.410 e. The number of hydrogen-bond donors (Lipinski definition) is 1. The van der Waals surface area contributed by atoms with Gasteiger partial charge in [-0.1, -0.05) is 112 Å². The molecule has 6 rings (SSSR count). The van der Waals surface area contributed by atoms with Crippen LogP contribution in [-0.4, -0.2) is 65.2 Å². The summed E-state index contributed by atoms with van der Waals surface area (Å²) >= 11 is 0. The first-order valence-corrected chi connectivity index (χ1v) is 21.0. The predicted octanol–water partition coefficient (Wildman–Crippen LogP) is 8.75. The van der Waals surface area contributed by atoms with Gasteiger partial charge in [0, 0.05) is 31.8 Å². The molecule has 8 nitrogen and oxygen atoms in total. The minimum absolute atomic E-state index is 0.0913. The van der Waals surface area contributed by atoms with Crippen molar-refractivity contribution in [2.45, 2.75) is 83.3 Å². The number of carbonyl (C=O) groups is 1. The molecule has 1 aliphatic rings. The first-order chi connectivity index (χ1) is 24.2. The van der Waals surface area contributed by atoms with Gasteiger partial charge in [-0.3, -0.25) is 9.56 Å². The van der Waals surface area contributed by atoms with E-state index in [4.69, 9.17) is 19.1 Å². The Bertz CT molecular complexity index is 1900. The number of fused-ring (bicyclic) bond motifs is 1. The third-order valence-electron chi connectivity index (χ3n) is 10.4. The Hall–Kier alpha value is -4.47. The third-order valence-corrected chi connectivity index (χ3v) is 14.9. The lowest BCUT2D eigenvalue weighted by atomic mass is 9.76. The maximum atomic E-state index is 13.5. The molecule has 0 radical (unpaired) electrons. The van der Waals surface area contributed by atoms with E-state index >= 15 is 0 Å². The minimum atomic E-state index is -1.99. The number of ether oxygens (including phenoxy) is 1. The Morgan fingerprint density at radius 3 is 1.90 bits per heavy atom. The summed E-state index contributed by atoms with van der Waals surface area (Å²) in [7, 11) is -1.99. The molecule has 9 heteroatoms. The lowest BCUT2D eigenvalue weighted by Gasteiger charge is -2.40. The van der Waals surface area contributed by atoms with Gasteiger partial charge in [0.05, 0.1) is 17.8 Å². The molecule has 0 unspecified atom stereocenters. The van der Waals surface area contributed by atoms with Gasteiger partial charge in [0.25, 0.3) is 0 Å². The van der Waals surface area contributed by atoms with Gasteiger partial charge in [-0.2, -0.15) is 0 Å². The number of hydrogen-bond acceptors (Lipinski definition) is 5. The Morgan fingerprint density at radius 1 is 0.843 bits per heavy atom. The number of aromatic amines is 1. The molecule has 5 aromatic rings. The molecule has 1 fully saturated rings. The van der Waals surface area contributed by atoms with Crippen molar-refractivity contribution in [3.63, 3.8) is 0 Å². The molecule has 3 aromatic carbocycles. The number of aromatic nitrogens is 3. The van der Waals surface area contributed by atoms with Gasteiger partial charge in [-0.05, 0) is 68.1 Å². The molecular formula is C42H53N5O3Si. The fraction of sp³-hybridized carbons (Fsp3) is 0.405. The van der Waals surface area contributed by atoms with E-state index in [1.165, 1.54) is 0 Å². The summed E-state index contributed by atoms with van der Waals surface area (Å²) in [5.74, 6) is 0.117. The van der Waals surface area contributed by atoms with Crippen molar-refractivity contribution in [1.82, 2.24) is 19.4 Å². The van der Waals surface area contributed by atoms with Crippen LogP contribution in [0.25, 0.3) is 11.0 Å². The van der Waals surface area contributed by atoms with Crippen LogP contribution < -0.4 is 5.49 Å². The average Bonchev–Trinajstić information content (AvgIpc) is 3.60.